The van der Waals surface area contributed by atoms with Crippen LogP contribution in [-0.4, -0.2) is 16.4 Å². The normalized spacial score (nSPS) is 9.63. The number of nitriles is 1. The van der Waals surface area contributed by atoms with E-state index >= 15 is 0 Å². The molecule has 0 aliphatic rings. The van der Waals surface area contributed by atoms with Crippen molar-refractivity contribution in [3.05, 3.63) is 53.9 Å². The van der Waals surface area contributed by atoms with Crippen LogP contribution in [0.15, 0.2) is 42.7 Å². The van der Waals surface area contributed by atoms with Crippen molar-refractivity contribution < 1.29 is 4.79 Å². The molecule has 1 amide bonds. The summed E-state index contributed by atoms with van der Waals surface area (Å²) in [6, 6.07) is 10.4. The SMILES string of the molecule is N#Cc1cc(C(=O)NC(=N)N)cc(-n2cccc2)c1. The van der Waals surface area contributed by atoms with Crippen LogP contribution in [0, 0.1) is 16.7 Å². The van der Waals surface area contributed by atoms with E-state index in [-0.39, 0.29) is 5.56 Å². The lowest BCUT2D eigenvalue weighted by Gasteiger charge is -2.07. The Balaban J connectivity index is 2.45. The number of carbonyl (C=O) groups is 1. The molecule has 4 N–H and O–H groups in total. The van der Waals surface area contributed by atoms with E-state index in [9.17, 15) is 4.79 Å². The van der Waals surface area contributed by atoms with Gasteiger partial charge >= 0.3 is 0 Å². The van der Waals surface area contributed by atoms with Crippen molar-refractivity contribution >= 4 is 11.9 Å². The van der Waals surface area contributed by atoms with Crippen LogP contribution in [0.5, 0.6) is 0 Å². The van der Waals surface area contributed by atoms with Gasteiger partial charge in [-0.15, -0.1) is 0 Å². The van der Waals surface area contributed by atoms with E-state index in [0.717, 1.165) is 0 Å². The maximum absolute atomic E-state index is 11.8. The molecule has 0 aliphatic heterocycles. The Labute approximate surface area is 109 Å². The second-order valence-electron chi connectivity index (χ2n) is 3.84. The van der Waals surface area contributed by atoms with Crippen molar-refractivity contribution in [2.45, 2.75) is 0 Å². The monoisotopic (exact) mass is 253 g/mol. The number of hydrogen-bond donors (Lipinski definition) is 3. The number of carbonyl (C=O) groups excluding carboxylic acids is 1. The molecule has 1 heterocycles. The molecule has 1 aromatic carbocycles. The summed E-state index contributed by atoms with van der Waals surface area (Å²) in [5.74, 6) is -0.951. The number of nitrogens with one attached hydrogen (secondary N) is 2. The second-order valence-corrected chi connectivity index (χ2v) is 3.84. The first-order valence-corrected chi connectivity index (χ1v) is 5.44. The highest BCUT2D eigenvalue weighted by molar-refractivity contribution is 6.04. The molecule has 19 heavy (non-hydrogen) atoms. The van der Waals surface area contributed by atoms with Gasteiger partial charge in [-0.25, -0.2) is 0 Å². The maximum atomic E-state index is 11.8. The minimum Gasteiger partial charge on any atom is -0.370 e. The van der Waals surface area contributed by atoms with Gasteiger partial charge in [0.1, 0.15) is 0 Å². The molecule has 0 saturated heterocycles. The molecule has 1 aromatic heterocycles. The van der Waals surface area contributed by atoms with Gasteiger partial charge in [0.2, 0.25) is 0 Å². The number of amides is 1. The molecular formula is C13H11N5O. The molecule has 2 aromatic rings. The molecule has 0 saturated carbocycles. The van der Waals surface area contributed by atoms with Gasteiger partial charge in [-0.1, -0.05) is 0 Å². The van der Waals surface area contributed by atoms with Crippen LogP contribution in [0.4, 0.5) is 0 Å². The summed E-state index contributed by atoms with van der Waals surface area (Å²) in [6.45, 7) is 0. The van der Waals surface area contributed by atoms with Crippen molar-refractivity contribution in [1.29, 1.82) is 10.7 Å². The fourth-order valence-electron chi connectivity index (χ4n) is 1.66. The molecule has 2 rings (SSSR count). The number of aromatic nitrogens is 1. The molecule has 0 radical (unpaired) electrons. The number of hydrogen-bond acceptors (Lipinski definition) is 3. The molecule has 0 bridgehead atoms. The Bertz CT molecular complexity index is 667. The van der Waals surface area contributed by atoms with Crippen molar-refractivity contribution in [3.63, 3.8) is 0 Å². The van der Waals surface area contributed by atoms with Gasteiger partial charge in [-0.3, -0.25) is 15.5 Å². The Morgan fingerprint density at radius 1 is 1.32 bits per heavy atom. The standard InChI is InChI=1S/C13H11N5O/c14-8-9-5-10(12(19)17-13(15)16)7-11(6-9)18-3-1-2-4-18/h1-7H,(H4,15,16,17,19). The lowest BCUT2D eigenvalue weighted by molar-refractivity contribution is 0.0976. The highest BCUT2D eigenvalue weighted by atomic mass is 16.1. The lowest BCUT2D eigenvalue weighted by Crippen LogP contribution is -2.35. The zero-order valence-electron chi connectivity index (χ0n) is 9.92. The van der Waals surface area contributed by atoms with Gasteiger partial charge in [0, 0.05) is 23.6 Å². The zero-order valence-corrected chi connectivity index (χ0v) is 9.92. The molecule has 6 heteroatoms. The third-order valence-electron chi connectivity index (χ3n) is 2.46. The summed E-state index contributed by atoms with van der Waals surface area (Å²) in [6.07, 6.45) is 3.62. The third-order valence-corrected chi connectivity index (χ3v) is 2.46. The van der Waals surface area contributed by atoms with Crippen molar-refractivity contribution in [3.8, 4) is 11.8 Å². The summed E-state index contributed by atoms with van der Waals surface area (Å²) >= 11 is 0. The second kappa shape index (κ2) is 5.06. The van der Waals surface area contributed by atoms with Crippen molar-refractivity contribution in [1.82, 2.24) is 9.88 Å². The highest BCUT2D eigenvalue weighted by Gasteiger charge is 2.10. The Morgan fingerprint density at radius 2 is 2.00 bits per heavy atom. The van der Waals surface area contributed by atoms with E-state index in [4.69, 9.17) is 16.4 Å². The Kier molecular flexibility index (Phi) is 3.30. The summed E-state index contributed by atoms with van der Waals surface area (Å²) in [4.78, 5) is 11.8. The van der Waals surface area contributed by atoms with Crippen LogP contribution < -0.4 is 11.1 Å². The maximum Gasteiger partial charge on any atom is 0.258 e. The highest BCUT2D eigenvalue weighted by Crippen LogP contribution is 2.14. The van der Waals surface area contributed by atoms with Gasteiger partial charge in [-0.05, 0) is 30.3 Å². The molecule has 0 aliphatic carbocycles. The van der Waals surface area contributed by atoms with Crippen LogP contribution in [-0.2, 0) is 0 Å². The molecular weight excluding hydrogens is 242 g/mol. The average molecular weight is 253 g/mol. The van der Waals surface area contributed by atoms with E-state index in [1.807, 2.05) is 30.6 Å². The number of nitrogens with zero attached hydrogens (tertiary/aromatic N) is 2. The summed E-state index contributed by atoms with van der Waals surface area (Å²) < 4.78 is 1.78. The number of nitrogens with two attached hydrogens (primary N) is 1. The van der Waals surface area contributed by atoms with Crippen LogP contribution >= 0.6 is 0 Å². The minimum atomic E-state index is -0.516. The quantitative estimate of drug-likeness (QED) is 0.548. The fourth-order valence-corrected chi connectivity index (χ4v) is 1.66. The van der Waals surface area contributed by atoms with E-state index in [0.29, 0.717) is 11.3 Å². The summed E-state index contributed by atoms with van der Waals surface area (Å²) in [5.41, 5.74) is 6.44. The lowest BCUT2D eigenvalue weighted by atomic mass is 10.1. The topological polar surface area (TPSA) is 108 Å². The Morgan fingerprint density at radius 3 is 2.58 bits per heavy atom. The first-order chi connectivity index (χ1) is 9.10. The predicted molar refractivity (Wildman–Crippen MR) is 69.9 cm³/mol. The van der Waals surface area contributed by atoms with Crippen molar-refractivity contribution in [2.75, 3.05) is 0 Å². The van der Waals surface area contributed by atoms with Gasteiger partial charge < -0.3 is 10.3 Å². The van der Waals surface area contributed by atoms with Crippen LogP contribution in [0.2, 0.25) is 0 Å². The number of benzene rings is 1. The largest absolute Gasteiger partial charge is 0.370 e. The minimum absolute atomic E-state index is 0.276. The van der Waals surface area contributed by atoms with Gasteiger partial charge in [-0.2, -0.15) is 5.26 Å². The summed E-state index contributed by atoms with van der Waals surface area (Å²) in [7, 11) is 0. The molecule has 0 unspecified atom stereocenters. The molecule has 0 spiro atoms. The van der Waals surface area contributed by atoms with Gasteiger partial charge in [0.15, 0.2) is 5.96 Å². The first kappa shape index (κ1) is 12.4. The van der Waals surface area contributed by atoms with Crippen LogP contribution in [0.25, 0.3) is 5.69 Å². The smallest absolute Gasteiger partial charge is 0.258 e. The third kappa shape index (κ3) is 2.79. The van der Waals surface area contributed by atoms with Crippen LogP contribution in [0.1, 0.15) is 15.9 Å². The number of guanidine groups is 1. The van der Waals surface area contributed by atoms with E-state index < -0.39 is 11.9 Å². The summed E-state index contributed by atoms with van der Waals surface area (Å²) in [5, 5.41) is 18.2. The van der Waals surface area contributed by atoms with Crippen molar-refractivity contribution in [2.24, 2.45) is 5.73 Å². The number of rotatable bonds is 2. The molecule has 6 nitrogen and oxygen atoms in total. The van der Waals surface area contributed by atoms with Gasteiger partial charge in [0.05, 0.1) is 11.6 Å². The average Bonchev–Trinajstić information content (AvgIpc) is 2.91. The first-order valence-electron chi connectivity index (χ1n) is 5.44. The predicted octanol–water partition coefficient (Wildman–Crippen LogP) is 0.972. The zero-order chi connectivity index (χ0) is 13.8. The van der Waals surface area contributed by atoms with E-state index in [2.05, 4.69) is 5.32 Å². The van der Waals surface area contributed by atoms with E-state index in [1.54, 1.807) is 16.7 Å². The van der Waals surface area contributed by atoms with E-state index in [1.165, 1.54) is 6.07 Å². The fraction of sp³-hybridized carbons (Fsp3) is 0. The molecule has 0 fully saturated rings. The van der Waals surface area contributed by atoms with Crippen LogP contribution in [0.3, 0.4) is 0 Å². The molecule has 94 valence electrons. The Hall–Kier alpha value is -3.07. The van der Waals surface area contributed by atoms with Gasteiger partial charge in [0.25, 0.3) is 5.91 Å². The molecule has 0 atom stereocenters.